The molecule has 1 amide bonds. The lowest BCUT2D eigenvalue weighted by molar-refractivity contribution is -0.137. The molecule has 0 bridgehead atoms. The average molecular weight is 673 g/mol. The van der Waals surface area contributed by atoms with Crippen molar-refractivity contribution in [2.45, 2.75) is 49.2 Å². The van der Waals surface area contributed by atoms with Crippen LogP contribution in [0.5, 0.6) is 11.5 Å². The molecule has 3 aromatic rings. The Hall–Kier alpha value is -3.95. The van der Waals surface area contributed by atoms with E-state index in [1.165, 1.54) is 62.6 Å². The molecule has 250 valence electrons. The van der Waals surface area contributed by atoms with Crippen molar-refractivity contribution < 1.29 is 54.5 Å². The number of aliphatic hydroxyl groups excluding tert-OH is 1. The lowest BCUT2D eigenvalue weighted by Gasteiger charge is -2.28. The fraction of sp³-hybridized carbons (Fsp3) is 0.387. The fourth-order valence-corrected chi connectivity index (χ4v) is 6.00. The van der Waals surface area contributed by atoms with Crippen LogP contribution in [0.3, 0.4) is 0 Å². The molecule has 0 radical (unpaired) electrons. The van der Waals surface area contributed by atoms with Crippen molar-refractivity contribution in [2.24, 2.45) is 0 Å². The highest BCUT2D eigenvalue weighted by Crippen LogP contribution is 2.37. The van der Waals surface area contributed by atoms with Gasteiger partial charge >= 0.3 is 12.8 Å². The van der Waals surface area contributed by atoms with Gasteiger partial charge in [0.1, 0.15) is 17.6 Å². The summed E-state index contributed by atoms with van der Waals surface area (Å²) >= 11 is 0. The first-order valence-corrected chi connectivity index (χ1v) is 15.8. The molecule has 15 heteroatoms. The van der Waals surface area contributed by atoms with Crippen LogP contribution in [0.25, 0.3) is 0 Å². The molecular weight excluding hydrogens is 639 g/mol. The number of amides is 1. The molecule has 4 rings (SSSR count). The predicted octanol–water partition coefficient (Wildman–Crippen LogP) is 5.24. The number of hydrogen-bond donors (Lipinski definition) is 2. The molecule has 0 unspecified atom stereocenters. The number of carbonyl (C=O) groups excluding carboxylic acids is 1. The van der Waals surface area contributed by atoms with E-state index < -0.39 is 58.9 Å². The Bertz CT molecular complexity index is 1590. The highest BCUT2D eigenvalue weighted by Gasteiger charge is 2.36. The molecule has 2 N–H and O–H groups in total. The van der Waals surface area contributed by atoms with Crippen LogP contribution in [0.1, 0.15) is 40.9 Å². The molecule has 46 heavy (non-hydrogen) atoms. The van der Waals surface area contributed by atoms with E-state index in [0.717, 1.165) is 12.1 Å². The number of hydrogen-bond acceptors (Lipinski definition) is 8. The van der Waals surface area contributed by atoms with E-state index in [9.17, 15) is 40.3 Å². The second-order valence-electron chi connectivity index (χ2n) is 10.5. The van der Waals surface area contributed by atoms with E-state index in [0.29, 0.717) is 11.3 Å². The molecule has 1 aliphatic rings. The van der Waals surface area contributed by atoms with Gasteiger partial charge in [-0.05, 0) is 60.2 Å². The van der Waals surface area contributed by atoms with Crippen molar-refractivity contribution in [1.82, 2.24) is 5.32 Å². The van der Waals surface area contributed by atoms with Crippen molar-refractivity contribution >= 4 is 21.4 Å². The number of nitrogens with zero attached hydrogens (tertiary/aromatic N) is 1. The van der Waals surface area contributed by atoms with Crippen LogP contribution in [0.4, 0.5) is 27.6 Å². The molecule has 0 saturated carbocycles. The smallest absolute Gasteiger partial charge is 0.416 e. The van der Waals surface area contributed by atoms with Crippen molar-refractivity contribution in [3.8, 4) is 11.5 Å². The Kier molecular flexibility index (Phi) is 11.1. The fourth-order valence-electron chi connectivity index (χ4n) is 5.12. The predicted molar refractivity (Wildman–Crippen MR) is 158 cm³/mol. The third kappa shape index (κ3) is 8.44. The van der Waals surface area contributed by atoms with Gasteiger partial charge < -0.3 is 29.5 Å². The highest BCUT2D eigenvalue weighted by atomic mass is 32.2. The average Bonchev–Trinajstić information content (AvgIpc) is 3.44. The van der Waals surface area contributed by atoms with Crippen LogP contribution in [-0.4, -0.2) is 70.8 Å². The normalized spacial score (nSPS) is 17.6. The van der Waals surface area contributed by atoms with E-state index in [1.54, 1.807) is 11.0 Å². The first-order chi connectivity index (χ1) is 21.7. The summed E-state index contributed by atoms with van der Waals surface area (Å²) in [5.74, 6) is -0.252. The van der Waals surface area contributed by atoms with Crippen molar-refractivity contribution in [1.29, 1.82) is 0 Å². The summed E-state index contributed by atoms with van der Waals surface area (Å²) in [5.41, 5.74) is 0.233. The Morgan fingerprint density at radius 3 is 2.30 bits per heavy atom. The zero-order valence-electron chi connectivity index (χ0n) is 24.8. The summed E-state index contributed by atoms with van der Waals surface area (Å²) in [6, 6.07) is 13.0. The standard InChI is InChI=1S/C31H33F5N2O7S/c1-3-46(41,42)25-11-4-19(5-12-25)26(17-39)37-29(40)20-6-13-27(28(14-20)43-2)38-16-24(15-22(38)18-44-30(32)33)45-23-9-7-21(8-10-23)31(34,35)36/h4-14,22,24,26,30,39H,3,15-18H2,1-2H3,(H,37,40)/t22-,24+,26-/m0/s1. The molecule has 3 atom stereocenters. The van der Waals surface area contributed by atoms with Gasteiger partial charge in [0.2, 0.25) is 0 Å². The summed E-state index contributed by atoms with van der Waals surface area (Å²) in [5, 5.41) is 12.6. The minimum Gasteiger partial charge on any atom is -0.495 e. The van der Waals surface area contributed by atoms with Crippen LogP contribution >= 0.6 is 0 Å². The van der Waals surface area contributed by atoms with E-state index >= 15 is 0 Å². The number of carbonyl (C=O) groups is 1. The SMILES string of the molecule is CCS(=O)(=O)c1ccc([C@H](CO)NC(=O)c2ccc(N3C[C@H](Oc4ccc(C(F)(F)F)cc4)C[C@H]3COC(F)F)c(OC)c2)cc1. The first kappa shape index (κ1) is 34.9. The maximum Gasteiger partial charge on any atom is 0.416 e. The Morgan fingerprint density at radius 1 is 1.07 bits per heavy atom. The third-order valence-corrected chi connectivity index (χ3v) is 9.29. The van der Waals surface area contributed by atoms with E-state index in [-0.39, 0.29) is 47.3 Å². The van der Waals surface area contributed by atoms with Gasteiger partial charge in [0.05, 0.1) is 60.9 Å². The molecule has 1 fully saturated rings. The van der Waals surface area contributed by atoms with Crippen LogP contribution in [-0.2, 0) is 20.8 Å². The zero-order valence-corrected chi connectivity index (χ0v) is 25.7. The summed E-state index contributed by atoms with van der Waals surface area (Å²) in [6.07, 6.45) is -4.90. The molecule has 0 aromatic heterocycles. The molecule has 3 aromatic carbocycles. The number of benzene rings is 3. The third-order valence-electron chi connectivity index (χ3n) is 7.54. The second kappa shape index (κ2) is 14.6. The van der Waals surface area contributed by atoms with Gasteiger partial charge in [0, 0.05) is 12.0 Å². The van der Waals surface area contributed by atoms with Crippen molar-refractivity contribution in [2.75, 3.05) is 37.5 Å². The van der Waals surface area contributed by atoms with Gasteiger partial charge in [-0.25, -0.2) is 8.42 Å². The topological polar surface area (TPSA) is 114 Å². The Morgan fingerprint density at radius 2 is 1.74 bits per heavy atom. The molecule has 0 spiro atoms. The lowest BCUT2D eigenvalue weighted by Crippen LogP contribution is -2.34. The number of rotatable bonds is 13. The summed E-state index contributed by atoms with van der Waals surface area (Å²) in [7, 11) is -2.07. The lowest BCUT2D eigenvalue weighted by atomic mass is 10.1. The number of methoxy groups -OCH3 is 1. The Balaban J connectivity index is 1.51. The molecule has 1 heterocycles. The second-order valence-corrected chi connectivity index (χ2v) is 12.7. The highest BCUT2D eigenvalue weighted by molar-refractivity contribution is 7.91. The van der Waals surface area contributed by atoms with E-state index in [4.69, 9.17) is 9.47 Å². The minimum atomic E-state index is -4.51. The van der Waals surface area contributed by atoms with E-state index in [1.807, 2.05) is 0 Å². The van der Waals surface area contributed by atoms with Gasteiger partial charge in [-0.15, -0.1) is 0 Å². The molecule has 1 aliphatic heterocycles. The molecular formula is C31H33F5N2O7S. The van der Waals surface area contributed by atoms with Crippen LogP contribution in [0.2, 0.25) is 0 Å². The van der Waals surface area contributed by atoms with Gasteiger partial charge in [0.15, 0.2) is 9.84 Å². The number of alkyl halides is 5. The van der Waals surface area contributed by atoms with Gasteiger partial charge in [-0.2, -0.15) is 22.0 Å². The maximum absolute atomic E-state index is 13.2. The van der Waals surface area contributed by atoms with Crippen molar-refractivity contribution in [3.05, 3.63) is 83.4 Å². The molecule has 0 aliphatic carbocycles. The number of anilines is 1. The monoisotopic (exact) mass is 672 g/mol. The maximum atomic E-state index is 13.2. The number of aliphatic hydroxyl groups is 1. The van der Waals surface area contributed by atoms with Gasteiger partial charge in [-0.1, -0.05) is 19.1 Å². The van der Waals surface area contributed by atoms with Crippen molar-refractivity contribution in [3.63, 3.8) is 0 Å². The van der Waals surface area contributed by atoms with Crippen LogP contribution < -0.4 is 19.7 Å². The molecule has 9 nitrogen and oxygen atoms in total. The first-order valence-electron chi connectivity index (χ1n) is 14.2. The van der Waals surface area contributed by atoms with Gasteiger partial charge in [-0.3, -0.25) is 4.79 Å². The number of nitrogens with one attached hydrogen (secondary N) is 1. The summed E-state index contributed by atoms with van der Waals surface area (Å²) < 4.78 is 105. The Labute approximate surface area is 262 Å². The number of halogens is 5. The summed E-state index contributed by atoms with van der Waals surface area (Å²) in [6.45, 7) is -2.21. The van der Waals surface area contributed by atoms with Gasteiger partial charge in [0.25, 0.3) is 5.91 Å². The summed E-state index contributed by atoms with van der Waals surface area (Å²) in [4.78, 5) is 15.0. The number of ether oxygens (including phenoxy) is 3. The number of sulfone groups is 1. The zero-order chi connectivity index (χ0) is 33.6. The quantitative estimate of drug-likeness (QED) is 0.237. The van der Waals surface area contributed by atoms with Crippen LogP contribution in [0.15, 0.2) is 71.6 Å². The largest absolute Gasteiger partial charge is 0.495 e. The van der Waals surface area contributed by atoms with Crippen LogP contribution in [0, 0.1) is 0 Å². The molecule has 1 saturated heterocycles. The minimum absolute atomic E-state index is 0.0748. The van der Waals surface area contributed by atoms with E-state index in [2.05, 4.69) is 10.1 Å².